The van der Waals surface area contributed by atoms with E-state index in [0.717, 1.165) is 0 Å². The van der Waals surface area contributed by atoms with E-state index in [-0.39, 0.29) is 41.1 Å². The molecule has 2 aromatic carbocycles. The van der Waals surface area contributed by atoms with E-state index in [2.05, 4.69) is 69.2 Å². The molecule has 0 saturated heterocycles. The fourth-order valence-corrected chi connectivity index (χ4v) is 2.81. The van der Waals surface area contributed by atoms with E-state index >= 15 is 0 Å². The van der Waals surface area contributed by atoms with Crippen LogP contribution in [0.1, 0.15) is 55.6 Å². The van der Waals surface area contributed by atoms with Crippen molar-refractivity contribution in [2.45, 2.75) is 69.2 Å². The summed E-state index contributed by atoms with van der Waals surface area (Å²) in [5, 5.41) is 0. The maximum Gasteiger partial charge on any atom is 4.00 e. The zero-order valence-corrected chi connectivity index (χ0v) is 20.0. The molecule has 0 amide bonds. The molecule has 0 aromatic heterocycles. The van der Waals surface area contributed by atoms with Crippen molar-refractivity contribution in [1.82, 2.24) is 0 Å². The Morgan fingerprint density at radius 1 is 0.435 bits per heavy atom. The van der Waals surface area contributed by atoms with Gasteiger partial charge in [-0.1, -0.05) is 69.2 Å². The van der Waals surface area contributed by atoms with Crippen LogP contribution in [0.5, 0.6) is 0 Å². The molecule has 128 valence electrons. The summed E-state index contributed by atoms with van der Waals surface area (Å²) in [5.74, 6) is 0. The van der Waals surface area contributed by atoms with E-state index in [1.54, 1.807) is 0 Å². The van der Waals surface area contributed by atoms with Gasteiger partial charge in [0.25, 0.3) is 0 Å². The molecule has 0 radical (unpaired) electrons. The molecule has 0 aliphatic rings. The Bertz CT molecular complexity index is 405. The minimum atomic E-state index is 0. The summed E-state index contributed by atoms with van der Waals surface area (Å²) in [7, 11) is 0. The molecular weight excluding hydrogens is 355 g/mol. The van der Waals surface area contributed by atoms with Gasteiger partial charge in [0.1, 0.15) is 0 Å². The second kappa shape index (κ2) is 10.4. The van der Waals surface area contributed by atoms with E-state index < -0.39 is 0 Å². The van der Waals surface area contributed by atoms with Gasteiger partial charge in [-0.05, 0) is 0 Å². The third-order valence-electron chi connectivity index (χ3n) is 5.62. The summed E-state index contributed by atoms with van der Waals surface area (Å²) in [4.78, 5) is 0. The van der Waals surface area contributed by atoms with Crippen LogP contribution >= 0.6 is 0 Å². The summed E-state index contributed by atoms with van der Waals surface area (Å²) >= 11 is 0. The zero-order chi connectivity index (χ0) is 15.8. The topological polar surface area (TPSA) is 0 Å². The maximum atomic E-state index is 2.20. The predicted molar refractivity (Wildman–Crippen MR) is 104 cm³/mol. The average molecular weight is 392 g/mol. The SMILES string of the molecule is Cc1c(C)c(C)[c-](C)c1C.Cc1c(C)c(C)[c-](C)c1C.[CH3-].[CH3-].[Zr+4]. The Morgan fingerprint density at radius 2 is 0.565 bits per heavy atom. The first-order chi connectivity index (χ1) is 9.11. The first-order valence-corrected chi connectivity index (χ1v) is 7.50. The molecule has 0 spiro atoms. The number of hydrogen-bond acceptors (Lipinski definition) is 0. The Hall–Kier alpha value is -0.417. The standard InChI is InChI=1S/2C10H15.2CH3.Zr/c2*1-6-7(2)9(4)10(5)8(6)3;;;/h2*1-5H3;2*1H3;/q4*-1;+4. The van der Waals surface area contributed by atoms with Gasteiger partial charge in [0.2, 0.25) is 0 Å². The van der Waals surface area contributed by atoms with Crippen LogP contribution in [-0.4, -0.2) is 0 Å². The average Bonchev–Trinajstić information content (AvgIpc) is 2.71. The smallest absolute Gasteiger partial charge is 0.358 e. The Balaban J connectivity index is -0.000000308. The molecule has 0 unspecified atom stereocenters. The van der Waals surface area contributed by atoms with Crippen molar-refractivity contribution >= 4 is 0 Å². The van der Waals surface area contributed by atoms with Crippen molar-refractivity contribution in [2.24, 2.45) is 0 Å². The molecule has 0 N–H and O–H groups in total. The summed E-state index contributed by atoms with van der Waals surface area (Å²) < 4.78 is 0. The molecule has 0 saturated carbocycles. The minimum absolute atomic E-state index is 0. The van der Waals surface area contributed by atoms with E-state index in [4.69, 9.17) is 0 Å². The second-order valence-electron chi connectivity index (χ2n) is 6.25. The first-order valence-electron chi connectivity index (χ1n) is 7.50. The molecule has 1 heteroatoms. The number of hydrogen-bond donors (Lipinski definition) is 0. The van der Waals surface area contributed by atoms with Gasteiger partial charge in [0, 0.05) is 0 Å². The van der Waals surface area contributed by atoms with Crippen LogP contribution < -0.4 is 0 Å². The summed E-state index contributed by atoms with van der Waals surface area (Å²) in [6, 6.07) is 0. The van der Waals surface area contributed by atoms with Crippen LogP contribution in [0.15, 0.2) is 0 Å². The van der Waals surface area contributed by atoms with Gasteiger partial charge >= 0.3 is 26.2 Å². The van der Waals surface area contributed by atoms with Gasteiger partial charge in [-0.3, -0.25) is 0 Å². The van der Waals surface area contributed by atoms with Crippen molar-refractivity contribution in [3.63, 3.8) is 0 Å². The third kappa shape index (κ3) is 5.28. The van der Waals surface area contributed by atoms with Gasteiger partial charge in [-0.2, -0.15) is 55.6 Å². The van der Waals surface area contributed by atoms with Gasteiger partial charge < -0.3 is 14.9 Å². The van der Waals surface area contributed by atoms with Crippen molar-refractivity contribution in [2.75, 3.05) is 0 Å². The molecule has 0 nitrogen and oxygen atoms in total. The van der Waals surface area contributed by atoms with Crippen molar-refractivity contribution in [3.05, 3.63) is 70.5 Å². The Labute approximate surface area is 165 Å². The predicted octanol–water partition coefficient (Wildman–Crippen LogP) is 6.79. The van der Waals surface area contributed by atoms with Crippen LogP contribution in [0.3, 0.4) is 0 Å². The molecule has 0 fully saturated rings. The van der Waals surface area contributed by atoms with Gasteiger partial charge in [0.15, 0.2) is 0 Å². The van der Waals surface area contributed by atoms with Crippen LogP contribution in [0.4, 0.5) is 0 Å². The largest absolute Gasteiger partial charge is 4.00 e. The second-order valence-corrected chi connectivity index (χ2v) is 6.25. The first kappa shape index (κ1) is 27.4. The zero-order valence-electron chi connectivity index (χ0n) is 17.5. The van der Waals surface area contributed by atoms with Gasteiger partial charge in [0.05, 0.1) is 0 Å². The molecular formula is C22H36Zr. The van der Waals surface area contributed by atoms with Crippen LogP contribution in [0, 0.1) is 84.1 Å². The fraction of sp³-hybridized carbons (Fsp3) is 0.455. The van der Waals surface area contributed by atoms with E-state index in [1.165, 1.54) is 55.6 Å². The molecule has 2 aromatic rings. The van der Waals surface area contributed by atoms with Crippen molar-refractivity contribution < 1.29 is 26.2 Å². The van der Waals surface area contributed by atoms with E-state index in [9.17, 15) is 0 Å². The Kier molecular flexibility index (Phi) is 12.5. The van der Waals surface area contributed by atoms with Gasteiger partial charge in [-0.15, -0.1) is 0 Å². The van der Waals surface area contributed by atoms with Crippen LogP contribution in [-0.2, 0) is 26.2 Å². The van der Waals surface area contributed by atoms with Gasteiger partial charge in [-0.25, -0.2) is 0 Å². The van der Waals surface area contributed by atoms with Crippen molar-refractivity contribution in [1.29, 1.82) is 0 Å². The fourth-order valence-electron chi connectivity index (χ4n) is 2.81. The minimum Gasteiger partial charge on any atom is -0.358 e. The summed E-state index contributed by atoms with van der Waals surface area (Å²) in [6.07, 6.45) is 0. The maximum absolute atomic E-state index is 2.20. The molecule has 2 rings (SSSR count). The van der Waals surface area contributed by atoms with E-state index in [1.807, 2.05) is 0 Å². The van der Waals surface area contributed by atoms with Crippen LogP contribution in [0.25, 0.3) is 0 Å². The third-order valence-corrected chi connectivity index (χ3v) is 5.62. The molecule has 0 aliphatic carbocycles. The van der Waals surface area contributed by atoms with E-state index in [0.29, 0.717) is 0 Å². The molecule has 0 atom stereocenters. The quantitative estimate of drug-likeness (QED) is 0.433. The van der Waals surface area contributed by atoms with Crippen LogP contribution in [0.2, 0.25) is 0 Å². The number of rotatable bonds is 0. The Morgan fingerprint density at radius 3 is 0.609 bits per heavy atom. The molecule has 0 aliphatic heterocycles. The normalized spacial score (nSPS) is 9.13. The van der Waals surface area contributed by atoms with Crippen molar-refractivity contribution in [3.8, 4) is 0 Å². The monoisotopic (exact) mass is 390 g/mol. The molecule has 0 heterocycles. The summed E-state index contributed by atoms with van der Waals surface area (Å²) in [6.45, 7) is 22.0. The summed E-state index contributed by atoms with van der Waals surface area (Å²) in [5.41, 5.74) is 14.7. The molecule has 23 heavy (non-hydrogen) atoms. The molecule has 0 bridgehead atoms.